The number of hydrogen-bond acceptors (Lipinski definition) is 3. The molecule has 1 heterocycles. The van der Waals surface area contributed by atoms with Gasteiger partial charge in [-0.15, -0.1) is 0 Å². The minimum absolute atomic E-state index is 0.0374. The fourth-order valence-corrected chi connectivity index (χ4v) is 2.30. The molecular formula is C14H14BrNO3. The van der Waals surface area contributed by atoms with Gasteiger partial charge in [-0.25, -0.2) is 4.79 Å². The van der Waals surface area contributed by atoms with Gasteiger partial charge >= 0.3 is 5.97 Å². The monoisotopic (exact) mass is 323 g/mol. The first-order valence-electron chi connectivity index (χ1n) is 5.82. The predicted molar refractivity (Wildman–Crippen MR) is 76.6 cm³/mol. The third kappa shape index (κ3) is 3.38. The van der Waals surface area contributed by atoms with Crippen molar-refractivity contribution in [1.29, 1.82) is 0 Å². The SMILES string of the molecule is Cc1ccc(C(C)Nc2cc(Br)cc(C(=O)O)c2)o1. The van der Waals surface area contributed by atoms with Crippen LogP contribution in [0.4, 0.5) is 5.69 Å². The Balaban J connectivity index is 2.21. The summed E-state index contributed by atoms with van der Waals surface area (Å²) in [6.07, 6.45) is 0. The molecule has 1 atom stereocenters. The number of benzene rings is 1. The summed E-state index contributed by atoms with van der Waals surface area (Å²) in [4.78, 5) is 11.0. The van der Waals surface area contributed by atoms with Crippen LogP contribution in [0.2, 0.25) is 0 Å². The minimum atomic E-state index is -0.953. The van der Waals surface area contributed by atoms with E-state index in [9.17, 15) is 4.79 Å². The van der Waals surface area contributed by atoms with Crippen LogP contribution in [0.15, 0.2) is 39.2 Å². The molecular weight excluding hydrogens is 310 g/mol. The molecule has 0 aliphatic carbocycles. The number of aryl methyl sites for hydroxylation is 1. The van der Waals surface area contributed by atoms with Gasteiger partial charge in [0, 0.05) is 10.2 Å². The van der Waals surface area contributed by atoms with Crippen molar-refractivity contribution >= 4 is 27.6 Å². The summed E-state index contributed by atoms with van der Waals surface area (Å²) >= 11 is 3.30. The molecule has 0 aliphatic rings. The Bertz CT molecular complexity index is 606. The highest BCUT2D eigenvalue weighted by Crippen LogP contribution is 2.25. The summed E-state index contributed by atoms with van der Waals surface area (Å²) in [6.45, 7) is 3.84. The Morgan fingerprint density at radius 3 is 2.68 bits per heavy atom. The summed E-state index contributed by atoms with van der Waals surface area (Å²) in [6, 6.07) is 8.76. The van der Waals surface area contributed by atoms with Crippen molar-refractivity contribution in [3.05, 3.63) is 51.9 Å². The van der Waals surface area contributed by atoms with Gasteiger partial charge in [0.05, 0.1) is 11.6 Å². The van der Waals surface area contributed by atoms with Crippen LogP contribution in [0.1, 0.15) is 34.8 Å². The number of anilines is 1. The minimum Gasteiger partial charge on any atom is -0.478 e. The Labute approximate surface area is 119 Å². The zero-order valence-corrected chi connectivity index (χ0v) is 12.2. The third-order valence-corrected chi connectivity index (χ3v) is 3.17. The maximum Gasteiger partial charge on any atom is 0.335 e. The normalized spacial score (nSPS) is 12.2. The maximum absolute atomic E-state index is 11.0. The maximum atomic E-state index is 11.0. The van der Waals surface area contributed by atoms with Crippen LogP contribution in [-0.2, 0) is 0 Å². The van der Waals surface area contributed by atoms with Gasteiger partial charge in [0.1, 0.15) is 11.5 Å². The molecule has 0 fully saturated rings. The lowest BCUT2D eigenvalue weighted by atomic mass is 10.2. The van der Waals surface area contributed by atoms with Gasteiger partial charge in [-0.2, -0.15) is 0 Å². The van der Waals surface area contributed by atoms with Gasteiger partial charge in [0.15, 0.2) is 0 Å². The number of rotatable bonds is 4. The van der Waals surface area contributed by atoms with Crippen molar-refractivity contribution in [1.82, 2.24) is 0 Å². The van der Waals surface area contributed by atoms with Crippen LogP contribution >= 0.6 is 15.9 Å². The van der Waals surface area contributed by atoms with Gasteiger partial charge in [-0.1, -0.05) is 15.9 Å². The lowest BCUT2D eigenvalue weighted by Gasteiger charge is -2.14. The standard InChI is InChI=1S/C14H14BrNO3/c1-8-3-4-13(19-8)9(2)16-12-6-10(14(17)18)5-11(15)7-12/h3-7,9,16H,1-2H3,(H,17,18). The molecule has 0 spiro atoms. The van der Waals surface area contributed by atoms with Crippen LogP contribution < -0.4 is 5.32 Å². The molecule has 0 saturated carbocycles. The molecule has 0 saturated heterocycles. The molecule has 4 nitrogen and oxygen atoms in total. The van der Waals surface area contributed by atoms with Crippen molar-refractivity contribution in [3.8, 4) is 0 Å². The first-order chi connectivity index (χ1) is 8.95. The van der Waals surface area contributed by atoms with Crippen LogP contribution in [-0.4, -0.2) is 11.1 Å². The quantitative estimate of drug-likeness (QED) is 0.884. The van der Waals surface area contributed by atoms with Crippen LogP contribution in [0, 0.1) is 6.92 Å². The van der Waals surface area contributed by atoms with Gasteiger partial charge in [0.25, 0.3) is 0 Å². The van der Waals surface area contributed by atoms with E-state index in [2.05, 4.69) is 21.2 Å². The molecule has 0 radical (unpaired) electrons. The highest BCUT2D eigenvalue weighted by atomic mass is 79.9. The molecule has 1 aromatic heterocycles. The number of halogens is 1. The number of furan rings is 1. The number of carboxylic acid groups (broad SMARTS) is 1. The molecule has 5 heteroatoms. The van der Waals surface area contributed by atoms with Crippen LogP contribution in [0.3, 0.4) is 0 Å². The molecule has 100 valence electrons. The summed E-state index contributed by atoms with van der Waals surface area (Å²) in [5, 5.41) is 12.2. The number of aromatic carboxylic acids is 1. The molecule has 2 rings (SSSR count). The first-order valence-corrected chi connectivity index (χ1v) is 6.62. The molecule has 2 aromatic rings. The van der Waals surface area contributed by atoms with E-state index in [0.29, 0.717) is 0 Å². The van der Waals surface area contributed by atoms with E-state index in [4.69, 9.17) is 9.52 Å². The van der Waals surface area contributed by atoms with E-state index >= 15 is 0 Å². The van der Waals surface area contributed by atoms with E-state index in [1.807, 2.05) is 32.0 Å². The zero-order chi connectivity index (χ0) is 14.0. The second kappa shape index (κ2) is 5.48. The summed E-state index contributed by atoms with van der Waals surface area (Å²) in [7, 11) is 0. The number of hydrogen-bond donors (Lipinski definition) is 2. The van der Waals surface area contributed by atoms with E-state index in [1.165, 1.54) is 0 Å². The van der Waals surface area contributed by atoms with E-state index in [-0.39, 0.29) is 11.6 Å². The molecule has 0 bridgehead atoms. The number of carboxylic acids is 1. The fourth-order valence-electron chi connectivity index (χ4n) is 1.80. The lowest BCUT2D eigenvalue weighted by molar-refractivity contribution is 0.0697. The lowest BCUT2D eigenvalue weighted by Crippen LogP contribution is -2.07. The van der Waals surface area contributed by atoms with Crippen molar-refractivity contribution < 1.29 is 14.3 Å². The largest absolute Gasteiger partial charge is 0.478 e. The third-order valence-electron chi connectivity index (χ3n) is 2.72. The highest BCUT2D eigenvalue weighted by Gasteiger charge is 2.11. The molecule has 19 heavy (non-hydrogen) atoms. The van der Waals surface area contributed by atoms with Crippen LogP contribution in [0.25, 0.3) is 0 Å². The second-order valence-electron chi connectivity index (χ2n) is 4.35. The second-order valence-corrected chi connectivity index (χ2v) is 5.26. The number of nitrogens with one attached hydrogen (secondary N) is 1. The molecule has 1 unspecified atom stereocenters. The predicted octanol–water partition coefficient (Wildman–Crippen LogP) is 4.22. The Kier molecular flexibility index (Phi) is 3.95. The van der Waals surface area contributed by atoms with E-state index in [0.717, 1.165) is 21.7 Å². The topological polar surface area (TPSA) is 62.5 Å². The smallest absolute Gasteiger partial charge is 0.335 e. The highest BCUT2D eigenvalue weighted by molar-refractivity contribution is 9.10. The van der Waals surface area contributed by atoms with E-state index in [1.54, 1.807) is 12.1 Å². The van der Waals surface area contributed by atoms with Crippen molar-refractivity contribution in [2.45, 2.75) is 19.9 Å². The van der Waals surface area contributed by atoms with Crippen molar-refractivity contribution in [2.75, 3.05) is 5.32 Å². The summed E-state index contributed by atoms with van der Waals surface area (Å²) in [5.41, 5.74) is 0.966. The molecule has 0 amide bonds. The van der Waals surface area contributed by atoms with Gasteiger partial charge in [-0.3, -0.25) is 0 Å². The fraction of sp³-hybridized carbons (Fsp3) is 0.214. The zero-order valence-electron chi connectivity index (χ0n) is 10.6. The van der Waals surface area contributed by atoms with Gasteiger partial charge in [0.2, 0.25) is 0 Å². The summed E-state index contributed by atoms with van der Waals surface area (Å²) < 4.78 is 6.25. The first kappa shape index (κ1) is 13.7. The average molecular weight is 324 g/mol. The van der Waals surface area contributed by atoms with E-state index < -0.39 is 5.97 Å². The number of carbonyl (C=O) groups is 1. The average Bonchev–Trinajstić information content (AvgIpc) is 2.75. The van der Waals surface area contributed by atoms with Gasteiger partial charge in [-0.05, 0) is 44.2 Å². The van der Waals surface area contributed by atoms with Crippen LogP contribution in [0.5, 0.6) is 0 Å². The van der Waals surface area contributed by atoms with Crippen molar-refractivity contribution in [3.63, 3.8) is 0 Å². The molecule has 2 N–H and O–H groups in total. The molecule has 1 aromatic carbocycles. The molecule has 0 aliphatic heterocycles. The van der Waals surface area contributed by atoms with Crippen molar-refractivity contribution in [2.24, 2.45) is 0 Å². The Hall–Kier alpha value is -1.75. The van der Waals surface area contributed by atoms with Gasteiger partial charge < -0.3 is 14.8 Å². The summed E-state index contributed by atoms with van der Waals surface area (Å²) in [5.74, 6) is 0.712. The Morgan fingerprint density at radius 1 is 1.37 bits per heavy atom. The Morgan fingerprint density at radius 2 is 2.11 bits per heavy atom.